The zero-order chi connectivity index (χ0) is 10.8. The van der Waals surface area contributed by atoms with Gasteiger partial charge in [-0.05, 0) is 18.7 Å². The van der Waals surface area contributed by atoms with Crippen LogP contribution in [0, 0.1) is 6.92 Å². The Morgan fingerprint density at radius 1 is 1.53 bits per heavy atom. The van der Waals surface area contributed by atoms with Crippen molar-refractivity contribution in [3.8, 4) is 0 Å². The fourth-order valence-electron chi connectivity index (χ4n) is 1.07. The highest BCUT2D eigenvalue weighted by molar-refractivity contribution is 8.00. The fourth-order valence-corrected chi connectivity index (χ4v) is 2.83. The second-order valence-corrected chi connectivity index (χ2v) is 5.33. The van der Waals surface area contributed by atoms with Crippen molar-refractivity contribution in [2.45, 2.75) is 23.0 Å². The molecule has 0 amide bonds. The molecule has 0 aliphatic rings. The number of hydrogen-bond acceptors (Lipinski definition) is 6. The summed E-state index contributed by atoms with van der Waals surface area (Å²) in [4.78, 5) is 4.20. The van der Waals surface area contributed by atoms with Crippen molar-refractivity contribution in [2.24, 2.45) is 7.05 Å². The Morgan fingerprint density at radius 2 is 2.33 bits per heavy atom. The fraction of sp³-hybridized carbons (Fsp3) is 0.375. The maximum atomic E-state index is 9.01. The van der Waals surface area contributed by atoms with Crippen LogP contribution in [0.25, 0.3) is 0 Å². The van der Waals surface area contributed by atoms with Crippen molar-refractivity contribution < 1.29 is 5.11 Å². The zero-order valence-electron chi connectivity index (χ0n) is 8.34. The van der Waals surface area contributed by atoms with Crippen molar-refractivity contribution in [1.82, 2.24) is 19.7 Å². The molecule has 0 aromatic carbocycles. The summed E-state index contributed by atoms with van der Waals surface area (Å²) in [6.07, 6.45) is 1.66. The Labute approximate surface area is 95.2 Å². The van der Waals surface area contributed by atoms with Gasteiger partial charge < -0.3 is 9.67 Å². The van der Waals surface area contributed by atoms with Crippen molar-refractivity contribution >= 4 is 23.1 Å². The average Bonchev–Trinajstić information content (AvgIpc) is 2.76. The van der Waals surface area contributed by atoms with Gasteiger partial charge in [-0.2, -0.15) is 0 Å². The quantitative estimate of drug-likeness (QED) is 0.877. The third kappa shape index (κ3) is 2.19. The summed E-state index contributed by atoms with van der Waals surface area (Å²) >= 11 is 2.99. The van der Waals surface area contributed by atoms with E-state index in [1.54, 1.807) is 6.20 Å². The van der Waals surface area contributed by atoms with Crippen LogP contribution in [0.15, 0.2) is 15.7 Å². The molecule has 0 aliphatic carbocycles. The van der Waals surface area contributed by atoms with E-state index in [9.17, 15) is 0 Å². The first-order chi connectivity index (χ1) is 7.20. The topological polar surface area (TPSA) is 63.8 Å². The van der Waals surface area contributed by atoms with Crippen LogP contribution in [0.4, 0.5) is 0 Å². The lowest BCUT2D eigenvalue weighted by atomic mass is 10.5. The molecule has 0 saturated carbocycles. The third-order valence-corrected chi connectivity index (χ3v) is 3.84. The van der Waals surface area contributed by atoms with Gasteiger partial charge in [0.1, 0.15) is 5.01 Å². The lowest BCUT2D eigenvalue weighted by Gasteiger charge is -2.00. The van der Waals surface area contributed by atoms with Gasteiger partial charge in [0.2, 0.25) is 0 Å². The monoisotopic (exact) mass is 242 g/mol. The van der Waals surface area contributed by atoms with Crippen LogP contribution in [0.2, 0.25) is 0 Å². The van der Waals surface area contributed by atoms with Gasteiger partial charge in [0.15, 0.2) is 9.50 Å². The van der Waals surface area contributed by atoms with E-state index in [4.69, 9.17) is 5.11 Å². The highest BCUT2D eigenvalue weighted by Crippen LogP contribution is 2.28. The maximum Gasteiger partial charge on any atom is 0.181 e. The Balaban J connectivity index is 2.21. The summed E-state index contributed by atoms with van der Waals surface area (Å²) in [5, 5.41) is 18.7. The molecule has 80 valence electrons. The summed E-state index contributed by atoms with van der Waals surface area (Å²) in [6, 6.07) is 0. The van der Waals surface area contributed by atoms with Gasteiger partial charge in [0, 0.05) is 7.05 Å². The number of aliphatic hydroxyl groups is 1. The molecule has 5 nitrogen and oxygen atoms in total. The highest BCUT2D eigenvalue weighted by atomic mass is 32.2. The van der Waals surface area contributed by atoms with E-state index in [0.717, 1.165) is 20.2 Å². The maximum absolute atomic E-state index is 9.01. The standard InChI is InChI=1S/C8H10N4OS2/c1-5-10-11-8(14-5)15-7-9-3-6(4-13)12(7)2/h3,13H,4H2,1-2H3. The van der Waals surface area contributed by atoms with Crippen LogP contribution in [0.5, 0.6) is 0 Å². The minimum atomic E-state index is -0.000787. The SMILES string of the molecule is Cc1nnc(Sc2ncc(CO)n2C)s1. The molecule has 0 aliphatic heterocycles. The van der Waals surface area contributed by atoms with Gasteiger partial charge >= 0.3 is 0 Å². The Hall–Kier alpha value is -0.920. The molecular formula is C8H10N4OS2. The molecule has 0 saturated heterocycles. The summed E-state index contributed by atoms with van der Waals surface area (Å²) in [6.45, 7) is 1.92. The van der Waals surface area contributed by atoms with Crippen molar-refractivity contribution in [2.75, 3.05) is 0 Å². The molecule has 2 rings (SSSR count). The van der Waals surface area contributed by atoms with Crippen molar-refractivity contribution in [1.29, 1.82) is 0 Å². The third-order valence-electron chi connectivity index (χ3n) is 1.89. The molecule has 1 N–H and O–H groups in total. The van der Waals surface area contributed by atoms with Crippen molar-refractivity contribution in [3.63, 3.8) is 0 Å². The zero-order valence-corrected chi connectivity index (χ0v) is 9.97. The largest absolute Gasteiger partial charge is 0.390 e. The van der Waals surface area contributed by atoms with Gasteiger partial charge in [-0.15, -0.1) is 10.2 Å². The molecule has 2 aromatic rings. The van der Waals surface area contributed by atoms with E-state index in [0.29, 0.717) is 0 Å². The number of imidazole rings is 1. The predicted octanol–water partition coefficient (Wildman–Crippen LogP) is 1.22. The number of aromatic nitrogens is 4. The second-order valence-electron chi connectivity index (χ2n) is 2.94. The van der Waals surface area contributed by atoms with E-state index in [1.807, 2.05) is 18.5 Å². The van der Waals surface area contributed by atoms with E-state index in [2.05, 4.69) is 15.2 Å². The van der Waals surface area contributed by atoms with Gasteiger partial charge in [0.05, 0.1) is 18.5 Å². The van der Waals surface area contributed by atoms with Crippen LogP contribution < -0.4 is 0 Å². The molecule has 0 fully saturated rings. The smallest absolute Gasteiger partial charge is 0.181 e. The van der Waals surface area contributed by atoms with Gasteiger partial charge in [-0.3, -0.25) is 0 Å². The van der Waals surface area contributed by atoms with E-state index in [-0.39, 0.29) is 6.61 Å². The van der Waals surface area contributed by atoms with Crippen LogP contribution in [0.1, 0.15) is 10.7 Å². The molecule has 7 heteroatoms. The van der Waals surface area contributed by atoms with Crippen LogP contribution in [0.3, 0.4) is 0 Å². The van der Waals surface area contributed by atoms with Gasteiger partial charge in [-0.1, -0.05) is 11.3 Å². The first kappa shape index (κ1) is 10.6. The normalized spacial score (nSPS) is 10.9. The average molecular weight is 242 g/mol. The molecule has 0 unspecified atom stereocenters. The summed E-state index contributed by atoms with van der Waals surface area (Å²) in [5.41, 5.74) is 0.790. The lowest BCUT2D eigenvalue weighted by Crippen LogP contribution is -1.96. The summed E-state index contributed by atoms with van der Waals surface area (Å²) < 4.78 is 2.71. The minimum Gasteiger partial charge on any atom is -0.390 e. The lowest BCUT2D eigenvalue weighted by molar-refractivity contribution is 0.271. The molecular weight excluding hydrogens is 232 g/mol. The first-order valence-electron chi connectivity index (χ1n) is 4.30. The number of nitrogens with zero attached hydrogens (tertiary/aromatic N) is 4. The van der Waals surface area contributed by atoms with Crippen LogP contribution >= 0.6 is 23.1 Å². The van der Waals surface area contributed by atoms with E-state index >= 15 is 0 Å². The van der Waals surface area contributed by atoms with Crippen LogP contribution in [-0.4, -0.2) is 24.9 Å². The number of hydrogen-bond donors (Lipinski definition) is 1. The summed E-state index contributed by atoms with van der Waals surface area (Å²) in [5.74, 6) is 0. The molecule has 0 atom stereocenters. The first-order valence-corrected chi connectivity index (χ1v) is 5.93. The predicted molar refractivity (Wildman–Crippen MR) is 57.9 cm³/mol. The number of aliphatic hydroxyl groups excluding tert-OH is 1. The minimum absolute atomic E-state index is 0.000787. The Morgan fingerprint density at radius 3 is 2.87 bits per heavy atom. The van der Waals surface area contributed by atoms with Crippen LogP contribution in [-0.2, 0) is 13.7 Å². The summed E-state index contributed by atoms with van der Waals surface area (Å²) in [7, 11) is 1.87. The Bertz CT molecular complexity index is 465. The molecule has 2 aromatic heterocycles. The van der Waals surface area contributed by atoms with Crippen molar-refractivity contribution in [3.05, 3.63) is 16.9 Å². The second kappa shape index (κ2) is 4.30. The molecule has 0 spiro atoms. The highest BCUT2D eigenvalue weighted by Gasteiger charge is 2.10. The van der Waals surface area contributed by atoms with E-state index in [1.165, 1.54) is 23.1 Å². The molecule has 0 radical (unpaired) electrons. The van der Waals surface area contributed by atoms with E-state index < -0.39 is 0 Å². The number of rotatable bonds is 3. The van der Waals surface area contributed by atoms with Gasteiger partial charge in [-0.25, -0.2) is 4.98 Å². The molecule has 15 heavy (non-hydrogen) atoms. The Kier molecular flexibility index (Phi) is 3.03. The molecule has 2 heterocycles. The number of aryl methyl sites for hydroxylation is 1. The van der Waals surface area contributed by atoms with Gasteiger partial charge in [0.25, 0.3) is 0 Å². The molecule has 0 bridgehead atoms.